The van der Waals surface area contributed by atoms with Gasteiger partial charge in [0.2, 0.25) is 5.91 Å². The third kappa shape index (κ3) is 5.95. The lowest BCUT2D eigenvalue weighted by molar-refractivity contribution is -0.117. The van der Waals surface area contributed by atoms with Gasteiger partial charge in [-0.2, -0.15) is 0 Å². The smallest absolute Gasteiger partial charge is 0.251 e. The van der Waals surface area contributed by atoms with Crippen molar-refractivity contribution in [3.8, 4) is 0 Å². The minimum absolute atomic E-state index is 0.136. The maximum atomic E-state index is 12.0. The average molecular weight is 291 g/mol. The maximum Gasteiger partial charge on any atom is 0.251 e. The summed E-state index contributed by atoms with van der Waals surface area (Å²) in [6, 6.07) is 6.27. The van der Waals surface area contributed by atoms with Gasteiger partial charge >= 0.3 is 0 Å². The summed E-state index contributed by atoms with van der Waals surface area (Å²) in [7, 11) is 0. The van der Waals surface area contributed by atoms with Crippen LogP contribution in [0.25, 0.3) is 0 Å². The highest BCUT2D eigenvalue weighted by atomic mass is 16.2. The summed E-state index contributed by atoms with van der Waals surface area (Å²) in [6.45, 7) is 7.76. The van der Waals surface area contributed by atoms with E-state index < -0.39 is 6.04 Å². The SMILES string of the molecule is CCCC(N)C(=O)Nc1ccc(C(=O)NC(C)(C)C)cc1. The number of hydrogen-bond acceptors (Lipinski definition) is 3. The molecule has 0 aromatic heterocycles. The average Bonchev–Trinajstić information content (AvgIpc) is 2.37. The Hall–Kier alpha value is -1.88. The second kappa shape index (κ2) is 7.22. The molecule has 116 valence electrons. The number of carbonyl (C=O) groups excluding carboxylic acids is 2. The summed E-state index contributed by atoms with van der Waals surface area (Å²) in [6.07, 6.45) is 1.51. The van der Waals surface area contributed by atoms with Gasteiger partial charge in [-0.15, -0.1) is 0 Å². The molecule has 0 aliphatic rings. The molecule has 0 bridgehead atoms. The summed E-state index contributed by atoms with van der Waals surface area (Å²) in [4.78, 5) is 23.8. The molecule has 1 aromatic rings. The Morgan fingerprint density at radius 1 is 1.19 bits per heavy atom. The standard InChI is InChI=1S/C16H25N3O2/c1-5-6-13(17)15(21)18-12-9-7-11(8-10-12)14(20)19-16(2,3)4/h7-10,13H,5-6,17H2,1-4H3,(H,18,21)(H,19,20). The Balaban J connectivity index is 2.66. The Morgan fingerprint density at radius 3 is 2.24 bits per heavy atom. The molecule has 0 heterocycles. The summed E-state index contributed by atoms with van der Waals surface area (Å²) in [5.74, 6) is -0.341. The van der Waals surface area contributed by atoms with E-state index in [-0.39, 0.29) is 17.4 Å². The number of nitrogens with two attached hydrogens (primary N) is 1. The fourth-order valence-corrected chi connectivity index (χ4v) is 1.79. The van der Waals surface area contributed by atoms with Crippen molar-refractivity contribution in [2.45, 2.75) is 52.1 Å². The van der Waals surface area contributed by atoms with Crippen LogP contribution in [0.4, 0.5) is 5.69 Å². The molecule has 0 aliphatic heterocycles. The predicted octanol–water partition coefficient (Wildman–Crippen LogP) is 2.28. The number of anilines is 1. The van der Waals surface area contributed by atoms with Crippen LogP contribution >= 0.6 is 0 Å². The fourth-order valence-electron chi connectivity index (χ4n) is 1.79. The van der Waals surface area contributed by atoms with Crippen LogP contribution in [0, 0.1) is 0 Å². The van der Waals surface area contributed by atoms with E-state index in [0.29, 0.717) is 17.7 Å². The van der Waals surface area contributed by atoms with Crippen LogP contribution in [0.1, 0.15) is 50.9 Å². The largest absolute Gasteiger partial charge is 0.347 e. The first-order valence-electron chi connectivity index (χ1n) is 7.22. The topological polar surface area (TPSA) is 84.2 Å². The second-order valence-electron chi connectivity index (χ2n) is 6.17. The van der Waals surface area contributed by atoms with E-state index in [4.69, 9.17) is 5.73 Å². The quantitative estimate of drug-likeness (QED) is 0.778. The minimum Gasteiger partial charge on any atom is -0.347 e. The highest BCUT2D eigenvalue weighted by Gasteiger charge is 2.16. The summed E-state index contributed by atoms with van der Waals surface area (Å²) >= 11 is 0. The molecular formula is C16H25N3O2. The van der Waals surface area contributed by atoms with Gasteiger partial charge in [-0.25, -0.2) is 0 Å². The Labute approximate surface area is 126 Å². The van der Waals surface area contributed by atoms with Gasteiger partial charge in [0.25, 0.3) is 5.91 Å². The third-order valence-corrected chi connectivity index (χ3v) is 2.84. The van der Waals surface area contributed by atoms with Crippen LogP contribution in [0.3, 0.4) is 0 Å². The van der Waals surface area contributed by atoms with Crippen molar-refractivity contribution in [1.29, 1.82) is 0 Å². The number of nitrogens with one attached hydrogen (secondary N) is 2. The van der Waals surface area contributed by atoms with Crippen molar-refractivity contribution in [2.75, 3.05) is 5.32 Å². The molecule has 5 nitrogen and oxygen atoms in total. The van der Waals surface area contributed by atoms with Gasteiger partial charge in [0.15, 0.2) is 0 Å². The number of rotatable bonds is 5. The first-order chi connectivity index (χ1) is 9.73. The summed E-state index contributed by atoms with van der Waals surface area (Å²) in [5, 5.41) is 5.63. The van der Waals surface area contributed by atoms with Crippen molar-refractivity contribution < 1.29 is 9.59 Å². The molecule has 2 amide bonds. The third-order valence-electron chi connectivity index (χ3n) is 2.84. The maximum absolute atomic E-state index is 12.0. The number of hydrogen-bond donors (Lipinski definition) is 3. The van der Waals surface area contributed by atoms with E-state index in [1.165, 1.54) is 0 Å². The fraction of sp³-hybridized carbons (Fsp3) is 0.500. The molecule has 1 atom stereocenters. The first kappa shape index (κ1) is 17.2. The lowest BCUT2D eigenvalue weighted by Crippen LogP contribution is -2.40. The van der Waals surface area contributed by atoms with E-state index in [1.54, 1.807) is 24.3 Å². The molecule has 4 N–H and O–H groups in total. The Bertz CT molecular complexity index is 489. The molecular weight excluding hydrogens is 266 g/mol. The van der Waals surface area contributed by atoms with Crippen LogP contribution in [-0.2, 0) is 4.79 Å². The molecule has 0 fully saturated rings. The molecule has 0 saturated carbocycles. The zero-order valence-corrected chi connectivity index (χ0v) is 13.2. The van der Waals surface area contributed by atoms with Gasteiger partial charge in [0.05, 0.1) is 6.04 Å². The molecule has 0 spiro atoms. The monoisotopic (exact) mass is 291 g/mol. The van der Waals surface area contributed by atoms with Crippen molar-refractivity contribution in [3.05, 3.63) is 29.8 Å². The van der Waals surface area contributed by atoms with E-state index in [1.807, 2.05) is 27.7 Å². The van der Waals surface area contributed by atoms with E-state index >= 15 is 0 Å². The normalized spacial score (nSPS) is 12.6. The van der Waals surface area contributed by atoms with Crippen LogP contribution in [0.2, 0.25) is 0 Å². The highest BCUT2D eigenvalue weighted by Crippen LogP contribution is 2.11. The van der Waals surface area contributed by atoms with Crippen LogP contribution in [0.15, 0.2) is 24.3 Å². The molecule has 0 radical (unpaired) electrons. The van der Waals surface area contributed by atoms with Crippen molar-refractivity contribution >= 4 is 17.5 Å². The zero-order valence-electron chi connectivity index (χ0n) is 13.2. The number of amides is 2. The number of benzene rings is 1. The summed E-state index contributed by atoms with van der Waals surface area (Å²) < 4.78 is 0. The van der Waals surface area contributed by atoms with Gasteiger partial charge in [0.1, 0.15) is 0 Å². The van der Waals surface area contributed by atoms with E-state index in [0.717, 1.165) is 6.42 Å². The van der Waals surface area contributed by atoms with E-state index in [2.05, 4.69) is 10.6 Å². The van der Waals surface area contributed by atoms with Gasteiger partial charge in [-0.1, -0.05) is 13.3 Å². The molecule has 1 aromatic carbocycles. The van der Waals surface area contributed by atoms with Crippen molar-refractivity contribution in [1.82, 2.24) is 5.32 Å². The molecule has 1 rings (SSSR count). The molecule has 1 unspecified atom stereocenters. The second-order valence-corrected chi connectivity index (χ2v) is 6.17. The lowest BCUT2D eigenvalue weighted by atomic mass is 10.1. The Morgan fingerprint density at radius 2 is 1.76 bits per heavy atom. The lowest BCUT2D eigenvalue weighted by Gasteiger charge is -2.20. The van der Waals surface area contributed by atoms with Gasteiger partial charge in [0, 0.05) is 16.8 Å². The predicted molar refractivity (Wildman–Crippen MR) is 85.2 cm³/mol. The zero-order chi connectivity index (χ0) is 16.0. The highest BCUT2D eigenvalue weighted by molar-refractivity contribution is 5.97. The van der Waals surface area contributed by atoms with Crippen molar-refractivity contribution in [3.63, 3.8) is 0 Å². The Kier molecular flexibility index (Phi) is 5.90. The van der Waals surface area contributed by atoms with Crippen molar-refractivity contribution in [2.24, 2.45) is 5.73 Å². The molecule has 0 aliphatic carbocycles. The van der Waals surface area contributed by atoms with E-state index in [9.17, 15) is 9.59 Å². The molecule has 0 saturated heterocycles. The van der Waals surface area contributed by atoms with Crippen LogP contribution in [0.5, 0.6) is 0 Å². The molecule has 5 heteroatoms. The molecule has 21 heavy (non-hydrogen) atoms. The van der Waals surface area contributed by atoms with Crippen LogP contribution < -0.4 is 16.4 Å². The first-order valence-corrected chi connectivity index (χ1v) is 7.22. The number of carbonyl (C=O) groups is 2. The van der Waals surface area contributed by atoms with Gasteiger partial charge < -0.3 is 16.4 Å². The van der Waals surface area contributed by atoms with Crippen LogP contribution in [-0.4, -0.2) is 23.4 Å². The van der Waals surface area contributed by atoms with Gasteiger partial charge in [-0.3, -0.25) is 9.59 Å². The minimum atomic E-state index is -0.501. The summed E-state index contributed by atoms with van der Waals surface area (Å²) in [5.41, 5.74) is 6.66. The van der Waals surface area contributed by atoms with Gasteiger partial charge in [-0.05, 0) is 51.5 Å².